The molecule has 0 saturated heterocycles. The second-order valence-corrected chi connectivity index (χ2v) is 7.10. The van der Waals surface area contributed by atoms with Crippen molar-refractivity contribution in [2.45, 2.75) is 39.8 Å². The Labute approximate surface area is 150 Å². The number of carbonyl (C=O) groups excluding carboxylic acids is 1. The van der Waals surface area contributed by atoms with Crippen LogP contribution in [0.1, 0.15) is 50.2 Å². The van der Waals surface area contributed by atoms with Gasteiger partial charge >= 0.3 is 0 Å². The van der Waals surface area contributed by atoms with Crippen molar-refractivity contribution in [3.8, 4) is 0 Å². The van der Waals surface area contributed by atoms with Gasteiger partial charge in [0.2, 0.25) is 0 Å². The fourth-order valence-corrected chi connectivity index (χ4v) is 3.28. The number of hydrogen-bond donors (Lipinski definition) is 3. The average Bonchev–Trinajstić information content (AvgIpc) is 2.82. The number of nitrogens with two attached hydrogens (primary N) is 2. The maximum absolute atomic E-state index is 14.3. The zero-order chi connectivity index (χ0) is 19.4. The lowest BCUT2D eigenvalue weighted by Crippen LogP contribution is -2.17. The normalized spacial score (nSPS) is 18.3. The topological polar surface area (TPSA) is 120 Å². The number of rotatable bonds is 3. The lowest BCUT2D eigenvalue weighted by atomic mass is 9.93. The Morgan fingerprint density at radius 3 is 2.69 bits per heavy atom. The second kappa shape index (κ2) is 5.82. The molecule has 1 aliphatic carbocycles. The maximum Gasteiger partial charge on any atom is 0.254 e. The summed E-state index contributed by atoms with van der Waals surface area (Å²) in [6.45, 7) is 6.44. The SMILES string of the molecule is CC1=C(n2c(N)c(C(N)=O)c3nc(C(C)(C)F)cnc32)[C@H](C)CC=C1O. The highest BCUT2D eigenvalue weighted by atomic mass is 19.1. The molecule has 26 heavy (non-hydrogen) atoms. The number of amides is 1. The van der Waals surface area contributed by atoms with Gasteiger partial charge in [0, 0.05) is 17.2 Å². The predicted octanol–water partition coefficient (Wildman–Crippen LogP) is 3.03. The maximum atomic E-state index is 14.3. The number of allylic oxidation sites excluding steroid dienone is 3. The van der Waals surface area contributed by atoms with Crippen molar-refractivity contribution < 1.29 is 14.3 Å². The number of carbonyl (C=O) groups is 1. The lowest BCUT2D eigenvalue weighted by Gasteiger charge is -2.24. The van der Waals surface area contributed by atoms with Gasteiger partial charge in [0.05, 0.1) is 11.9 Å². The number of alkyl halides is 1. The van der Waals surface area contributed by atoms with Crippen molar-refractivity contribution in [2.24, 2.45) is 11.7 Å². The van der Waals surface area contributed by atoms with Gasteiger partial charge in [0.25, 0.3) is 5.91 Å². The van der Waals surface area contributed by atoms with Crippen molar-refractivity contribution in [1.82, 2.24) is 14.5 Å². The number of aliphatic hydroxyl groups is 1. The molecule has 0 spiro atoms. The van der Waals surface area contributed by atoms with Gasteiger partial charge < -0.3 is 16.6 Å². The van der Waals surface area contributed by atoms with Crippen molar-refractivity contribution in [1.29, 1.82) is 0 Å². The van der Waals surface area contributed by atoms with E-state index < -0.39 is 11.6 Å². The van der Waals surface area contributed by atoms with Crippen LogP contribution in [0.3, 0.4) is 0 Å². The Balaban J connectivity index is 2.41. The molecule has 7 nitrogen and oxygen atoms in total. The van der Waals surface area contributed by atoms with Gasteiger partial charge in [-0.1, -0.05) is 6.92 Å². The van der Waals surface area contributed by atoms with E-state index in [0.29, 0.717) is 23.3 Å². The smallest absolute Gasteiger partial charge is 0.254 e. The number of aliphatic hydroxyl groups excluding tert-OH is 1. The number of aromatic nitrogens is 3. The van der Waals surface area contributed by atoms with Gasteiger partial charge in [0.15, 0.2) is 5.65 Å². The zero-order valence-corrected chi connectivity index (χ0v) is 15.2. The molecule has 0 bridgehead atoms. The molecule has 1 amide bonds. The molecule has 8 heteroatoms. The van der Waals surface area contributed by atoms with Crippen LogP contribution >= 0.6 is 0 Å². The van der Waals surface area contributed by atoms with Gasteiger partial charge in [-0.15, -0.1) is 0 Å². The Kier molecular flexibility index (Phi) is 4.01. The Hall–Kier alpha value is -2.90. The van der Waals surface area contributed by atoms with Gasteiger partial charge in [-0.25, -0.2) is 14.4 Å². The summed E-state index contributed by atoms with van der Waals surface area (Å²) in [4.78, 5) is 20.6. The van der Waals surface area contributed by atoms with Crippen LogP contribution < -0.4 is 11.5 Å². The van der Waals surface area contributed by atoms with Gasteiger partial charge in [-0.05, 0) is 33.3 Å². The summed E-state index contributed by atoms with van der Waals surface area (Å²) in [6.07, 6.45) is 3.66. The first-order valence-electron chi connectivity index (χ1n) is 8.30. The Bertz CT molecular complexity index is 982. The molecule has 3 rings (SSSR count). The van der Waals surface area contributed by atoms with Gasteiger partial charge in [-0.2, -0.15) is 0 Å². The van der Waals surface area contributed by atoms with E-state index >= 15 is 0 Å². The van der Waals surface area contributed by atoms with E-state index in [4.69, 9.17) is 11.5 Å². The number of halogens is 1. The number of anilines is 1. The molecule has 0 aliphatic heterocycles. The number of nitrogen functional groups attached to an aromatic ring is 1. The van der Waals surface area contributed by atoms with E-state index in [2.05, 4.69) is 9.97 Å². The van der Waals surface area contributed by atoms with E-state index in [1.54, 1.807) is 17.6 Å². The molecule has 1 aliphatic rings. The van der Waals surface area contributed by atoms with E-state index in [0.717, 1.165) is 0 Å². The molecule has 0 saturated carbocycles. The van der Waals surface area contributed by atoms with E-state index in [1.807, 2.05) is 6.92 Å². The molecule has 0 radical (unpaired) electrons. The van der Waals surface area contributed by atoms with Crippen LogP contribution in [-0.4, -0.2) is 25.5 Å². The van der Waals surface area contributed by atoms with Crippen LogP contribution in [0.15, 0.2) is 23.6 Å². The highest BCUT2D eigenvalue weighted by Gasteiger charge is 2.30. The van der Waals surface area contributed by atoms with Crippen molar-refractivity contribution >= 4 is 28.6 Å². The molecule has 5 N–H and O–H groups in total. The van der Waals surface area contributed by atoms with Crippen molar-refractivity contribution in [3.05, 3.63) is 34.9 Å². The first-order valence-corrected chi connectivity index (χ1v) is 8.30. The van der Waals surface area contributed by atoms with Crippen LogP contribution in [-0.2, 0) is 5.67 Å². The third-order valence-electron chi connectivity index (χ3n) is 4.70. The zero-order valence-electron chi connectivity index (χ0n) is 15.2. The number of nitrogens with zero attached hydrogens (tertiary/aromatic N) is 3. The fraction of sp³-hybridized carbons (Fsp3) is 0.389. The summed E-state index contributed by atoms with van der Waals surface area (Å²) in [6, 6.07) is 0. The van der Waals surface area contributed by atoms with Crippen molar-refractivity contribution in [3.63, 3.8) is 0 Å². The summed E-state index contributed by atoms with van der Waals surface area (Å²) in [5, 5.41) is 10.1. The number of hydrogen-bond acceptors (Lipinski definition) is 5. The molecule has 2 aromatic rings. The summed E-state index contributed by atoms with van der Waals surface area (Å²) >= 11 is 0. The quantitative estimate of drug-likeness (QED) is 0.778. The molecular formula is C18H22FN5O2. The minimum Gasteiger partial charge on any atom is -0.508 e. The monoisotopic (exact) mass is 359 g/mol. The first kappa shape index (κ1) is 17.9. The molecule has 0 aromatic carbocycles. The minimum atomic E-state index is -1.73. The van der Waals surface area contributed by atoms with Crippen molar-refractivity contribution in [2.75, 3.05) is 5.73 Å². The van der Waals surface area contributed by atoms with E-state index in [-0.39, 0.29) is 34.3 Å². The fourth-order valence-electron chi connectivity index (χ4n) is 3.28. The summed E-state index contributed by atoms with van der Waals surface area (Å²) < 4.78 is 15.9. The third-order valence-corrected chi connectivity index (χ3v) is 4.70. The van der Waals surface area contributed by atoms with E-state index in [9.17, 15) is 14.3 Å². The van der Waals surface area contributed by atoms with E-state index in [1.165, 1.54) is 20.0 Å². The highest BCUT2D eigenvalue weighted by Crippen LogP contribution is 2.38. The Morgan fingerprint density at radius 1 is 1.46 bits per heavy atom. The minimum absolute atomic E-state index is 0.000132. The summed E-state index contributed by atoms with van der Waals surface area (Å²) in [5.41, 5.74) is 11.9. The van der Waals surface area contributed by atoms with Crippen LogP contribution in [0.4, 0.5) is 10.2 Å². The van der Waals surface area contributed by atoms with Crippen LogP contribution in [0.2, 0.25) is 0 Å². The molecule has 0 unspecified atom stereocenters. The van der Waals surface area contributed by atoms with Crippen LogP contribution in [0.25, 0.3) is 16.9 Å². The molecule has 2 heterocycles. The third kappa shape index (κ3) is 2.61. The average molecular weight is 359 g/mol. The molecule has 1 atom stereocenters. The van der Waals surface area contributed by atoms with Gasteiger partial charge in [-0.3, -0.25) is 9.36 Å². The Morgan fingerprint density at radius 2 is 2.12 bits per heavy atom. The predicted molar refractivity (Wildman–Crippen MR) is 98.0 cm³/mol. The van der Waals surface area contributed by atoms with Crippen LogP contribution in [0.5, 0.6) is 0 Å². The first-order chi connectivity index (χ1) is 12.0. The summed E-state index contributed by atoms with van der Waals surface area (Å²) in [5.74, 6) is -0.522. The molecular weight excluding hydrogens is 337 g/mol. The standard InChI is InChI=1S/C18H22FN5O2/c1-8-5-6-10(25)9(2)14(8)24-15(20)12(16(21)26)13-17(24)22-7-11(23-13)18(3,4)19/h6-8,25H,5,20H2,1-4H3,(H2,21,26)/t8-/m1/s1. The highest BCUT2D eigenvalue weighted by molar-refractivity contribution is 6.10. The molecule has 2 aromatic heterocycles. The lowest BCUT2D eigenvalue weighted by molar-refractivity contribution is 0.100. The second-order valence-electron chi connectivity index (χ2n) is 7.10. The largest absolute Gasteiger partial charge is 0.508 e. The number of fused-ring (bicyclic) bond motifs is 1. The summed E-state index contributed by atoms with van der Waals surface area (Å²) in [7, 11) is 0. The molecule has 0 fully saturated rings. The number of primary amides is 1. The van der Waals surface area contributed by atoms with Crippen LogP contribution in [0, 0.1) is 5.92 Å². The van der Waals surface area contributed by atoms with Gasteiger partial charge in [0.1, 0.15) is 28.3 Å². The molecule has 138 valence electrons.